The number of esters is 1. The van der Waals surface area contributed by atoms with Gasteiger partial charge in [0.1, 0.15) is 6.79 Å². The van der Waals surface area contributed by atoms with Gasteiger partial charge in [0.05, 0.1) is 12.7 Å². The van der Waals surface area contributed by atoms with E-state index in [9.17, 15) is 9.90 Å². The molecule has 0 bridgehead atoms. The van der Waals surface area contributed by atoms with Crippen molar-refractivity contribution in [3.05, 3.63) is 0 Å². The predicted molar refractivity (Wildman–Crippen MR) is 146 cm³/mol. The third-order valence-electron chi connectivity index (χ3n) is 9.22. The maximum atomic E-state index is 13.0. The molecule has 2 saturated carbocycles. The van der Waals surface area contributed by atoms with Crippen LogP contribution in [0, 0.1) is 34.5 Å². The monoisotopic (exact) mass is 542 g/mol. The van der Waals surface area contributed by atoms with Gasteiger partial charge in [-0.2, -0.15) is 0 Å². The number of carbonyl (C=O) groups excluding carboxylic acids is 1. The van der Waals surface area contributed by atoms with E-state index in [1.54, 1.807) is 14.0 Å². The summed E-state index contributed by atoms with van der Waals surface area (Å²) in [5.74, 6) is 0.685. The summed E-state index contributed by atoms with van der Waals surface area (Å²) in [6, 6.07) is 0. The summed E-state index contributed by atoms with van der Waals surface area (Å²) in [6.07, 6.45) is 5.35. The van der Waals surface area contributed by atoms with Gasteiger partial charge in [-0.15, -0.1) is 0 Å². The first-order valence-electron chi connectivity index (χ1n) is 14.3. The smallest absolute Gasteiger partial charge is 0.343 e. The lowest BCUT2D eigenvalue weighted by molar-refractivity contribution is -0.180. The van der Waals surface area contributed by atoms with Crippen LogP contribution < -0.4 is 0 Å². The van der Waals surface area contributed by atoms with Crippen LogP contribution in [0.2, 0.25) is 19.6 Å². The molecule has 2 unspecified atom stereocenters. The maximum Gasteiger partial charge on any atom is 0.343 e. The number of hydrogen-bond donors (Lipinski definition) is 1. The van der Waals surface area contributed by atoms with E-state index in [4.69, 9.17) is 23.4 Å². The molecule has 216 valence electrons. The minimum absolute atomic E-state index is 0.142. The average molecular weight is 543 g/mol. The van der Waals surface area contributed by atoms with Crippen molar-refractivity contribution in [2.75, 3.05) is 20.5 Å². The molecule has 0 aromatic heterocycles. The van der Waals surface area contributed by atoms with E-state index < -0.39 is 32.3 Å². The Kier molecular flexibility index (Phi) is 9.67. The highest BCUT2D eigenvalue weighted by molar-refractivity contribution is 6.69. The van der Waals surface area contributed by atoms with E-state index in [1.807, 2.05) is 20.8 Å². The summed E-state index contributed by atoms with van der Waals surface area (Å²) in [5, 5.41) is 11.6. The number of cyclic esters (lactones) is 1. The number of aliphatic hydroxyl groups excluding tert-OH is 1. The Hall–Kier alpha value is -0.513. The third-order valence-corrected chi connectivity index (χ3v) is 10.2. The lowest BCUT2D eigenvalue weighted by Crippen LogP contribution is -2.51. The van der Waals surface area contributed by atoms with Crippen LogP contribution in [0.1, 0.15) is 80.1 Å². The molecule has 0 spiro atoms. The van der Waals surface area contributed by atoms with Gasteiger partial charge in [-0.1, -0.05) is 41.0 Å². The normalized spacial score (nSPS) is 37.2. The lowest BCUT2D eigenvalue weighted by Gasteiger charge is -2.48. The highest BCUT2D eigenvalue weighted by Crippen LogP contribution is 2.59. The fraction of sp³-hybridized carbons (Fsp3) is 0.966. The largest absolute Gasteiger partial charge is 0.433 e. The topological polar surface area (TPSA) is 83.5 Å². The molecule has 1 N–H and O–H groups in total. The Labute approximate surface area is 226 Å². The fourth-order valence-electron chi connectivity index (χ4n) is 7.41. The zero-order valence-corrected chi connectivity index (χ0v) is 26.1. The Morgan fingerprint density at radius 2 is 1.84 bits per heavy atom. The van der Waals surface area contributed by atoms with Gasteiger partial charge in [0.15, 0.2) is 13.9 Å². The molecule has 3 fully saturated rings. The summed E-state index contributed by atoms with van der Waals surface area (Å²) < 4.78 is 29.3. The van der Waals surface area contributed by atoms with Crippen LogP contribution in [-0.2, 0) is 28.2 Å². The van der Waals surface area contributed by atoms with Crippen LogP contribution in [0.15, 0.2) is 0 Å². The number of fused-ring (bicyclic) bond motifs is 1. The van der Waals surface area contributed by atoms with Crippen molar-refractivity contribution in [3.8, 4) is 0 Å². The van der Waals surface area contributed by atoms with Gasteiger partial charge in [0.2, 0.25) is 6.29 Å². The molecule has 8 heteroatoms. The molecule has 2 aliphatic carbocycles. The third kappa shape index (κ3) is 6.80. The lowest BCUT2D eigenvalue weighted by atomic mass is 9.61. The quantitative estimate of drug-likeness (QED) is 0.154. The number of rotatable bonds is 11. The van der Waals surface area contributed by atoms with Crippen molar-refractivity contribution < 1.29 is 33.3 Å². The summed E-state index contributed by atoms with van der Waals surface area (Å²) in [5.41, 5.74) is -1.58. The van der Waals surface area contributed by atoms with Gasteiger partial charge < -0.3 is 28.5 Å². The number of methoxy groups -OCH3 is 1. The first kappa shape index (κ1) is 31.0. The van der Waals surface area contributed by atoms with Crippen molar-refractivity contribution in [1.82, 2.24) is 0 Å². The minimum atomic E-state index is -1.61. The second-order valence-electron chi connectivity index (χ2n) is 14.5. The van der Waals surface area contributed by atoms with Crippen LogP contribution in [0.3, 0.4) is 0 Å². The molecular weight excluding hydrogens is 488 g/mol. The SMILES string of the molecule is COCOC[C@@H](C[C@@H](C)[C@H]1CCC2[C@@H](O[Si](C)(C)C)CCC[C@@]21C)C(O)[C@@]1(C)O[C@H](C(C)(C)C)OC1=O. The van der Waals surface area contributed by atoms with E-state index in [2.05, 4.69) is 33.5 Å². The maximum absolute atomic E-state index is 13.0. The molecule has 37 heavy (non-hydrogen) atoms. The second kappa shape index (κ2) is 11.5. The summed E-state index contributed by atoms with van der Waals surface area (Å²) >= 11 is 0. The molecule has 3 aliphatic rings. The molecular formula is C29H54O7Si. The molecule has 1 aliphatic heterocycles. The van der Waals surface area contributed by atoms with Crippen LogP contribution in [0.25, 0.3) is 0 Å². The first-order valence-corrected chi connectivity index (χ1v) is 17.7. The molecule has 1 heterocycles. The first-order chi connectivity index (χ1) is 17.0. The van der Waals surface area contributed by atoms with Crippen LogP contribution in [0.4, 0.5) is 0 Å². The van der Waals surface area contributed by atoms with Crippen molar-refractivity contribution in [2.24, 2.45) is 34.5 Å². The minimum Gasteiger partial charge on any atom is -0.433 e. The van der Waals surface area contributed by atoms with Gasteiger partial charge >= 0.3 is 5.97 Å². The number of hydrogen-bond acceptors (Lipinski definition) is 7. The van der Waals surface area contributed by atoms with E-state index in [0.717, 1.165) is 6.42 Å². The molecule has 0 aromatic rings. The molecule has 0 aromatic carbocycles. The van der Waals surface area contributed by atoms with E-state index >= 15 is 0 Å². The predicted octanol–water partition coefficient (Wildman–Crippen LogP) is 5.75. The summed E-state index contributed by atoms with van der Waals surface area (Å²) in [6.45, 7) is 19.6. The van der Waals surface area contributed by atoms with Crippen LogP contribution >= 0.6 is 0 Å². The average Bonchev–Trinajstić information content (AvgIpc) is 3.29. The van der Waals surface area contributed by atoms with Crippen LogP contribution in [-0.4, -0.2) is 64.0 Å². The van der Waals surface area contributed by atoms with E-state index in [0.29, 0.717) is 30.5 Å². The molecule has 3 rings (SSSR count). The van der Waals surface area contributed by atoms with Gasteiger partial charge in [0, 0.05) is 24.5 Å². The summed E-state index contributed by atoms with van der Waals surface area (Å²) in [7, 11) is -0.0293. The van der Waals surface area contributed by atoms with Gasteiger partial charge in [-0.05, 0) is 81.8 Å². The number of carbonyl (C=O) groups is 1. The van der Waals surface area contributed by atoms with Gasteiger partial charge in [0.25, 0.3) is 0 Å². The molecule has 7 nitrogen and oxygen atoms in total. The Morgan fingerprint density at radius 1 is 1.16 bits per heavy atom. The van der Waals surface area contributed by atoms with Crippen LogP contribution in [0.5, 0.6) is 0 Å². The molecule has 0 amide bonds. The standard InChI is InChI=1S/C29H54O7Si/c1-19(21-13-14-22-23(36-37(8,9)10)12-11-15-28(21,22)5)16-20(17-33-18-32-7)24(30)29(6)25(31)34-26(35-29)27(2,3)4/h19-24,26,30H,11-18H2,1-10H3/t19-,20-,21-,22?,23+,24?,26-,28-,29-/m1/s1. The molecule has 9 atom stereocenters. The van der Waals surface area contributed by atoms with Gasteiger partial charge in [-0.25, -0.2) is 4.79 Å². The Morgan fingerprint density at radius 3 is 2.41 bits per heavy atom. The molecule has 1 saturated heterocycles. The number of aliphatic hydroxyl groups is 1. The van der Waals surface area contributed by atoms with Crippen molar-refractivity contribution in [2.45, 2.75) is 124 Å². The summed E-state index contributed by atoms with van der Waals surface area (Å²) in [4.78, 5) is 13.0. The Bertz CT molecular complexity index is 777. The van der Waals surface area contributed by atoms with E-state index in [-0.39, 0.29) is 23.5 Å². The second-order valence-corrected chi connectivity index (χ2v) is 18.9. The zero-order chi connectivity index (χ0) is 27.8. The van der Waals surface area contributed by atoms with E-state index in [1.165, 1.54) is 32.1 Å². The fourth-order valence-corrected chi connectivity index (χ4v) is 8.60. The molecule has 0 radical (unpaired) electrons. The van der Waals surface area contributed by atoms with Crippen molar-refractivity contribution in [3.63, 3.8) is 0 Å². The zero-order valence-electron chi connectivity index (χ0n) is 25.1. The van der Waals surface area contributed by atoms with Crippen molar-refractivity contribution >= 4 is 14.3 Å². The Balaban J connectivity index is 1.77. The van der Waals surface area contributed by atoms with Crippen molar-refractivity contribution in [1.29, 1.82) is 0 Å². The van der Waals surface area contributed by atoms with Gasteiger partial charge in [-0.3, -0.25) is 0 Å². The number of ether oxygens (including phenoxy) is 4. The highest BCUT2D eigenvalue weighted by atomic mass is 28.4. The highest BCUT2D eigenvalue weighted by Gasteiger charge is 2.58.